The number of benzene rings is 1. The molecule has 0 aliphatic heterocycles. The van der Waals surface area contributed by atoms with E-state index in [-0.39, 0.29) is 0 Å². The number of halogens is 1. The maximum absolute atomic E-state index is 8.63. The second kappa shape index (κ2) is 6.84. The molecule has 0 aromatic heterocycles. The molecule has 3 heteroatoms. The van der Waals surface area contributed by atoms with E-state index in [1.54, 1.807) is 12.1 Å². The minimum absolute atomic E-state index is 0.603. The highest BCUT2D eigenvalue weighted by Crippen LogP contribution is 2.04. The van der Waals surface area contributed by atoms with Crippen LogP contribution in [-0.4, -0.2) is 13.1 Å². The van der Waals surface area contributed by atoms with Crippen molar-refractivity contribution in [3.8, 4) is 6.07 Å². The molecule has 0 saturated heterocycles. The lowest BCUT2D eigenvalue weighted by atomic mass is 10.1. The van der Waals surface area contributed by atoms with Gasteiger partial charge >= 0.3 is 0 Å². The van der Waals surface area contributed by atoms with Gasteiger partial charge in [-0.2, -0.15) is 5.26 Å². The monoisotopic (exact) mass is 232 g/mol. The molecule has 82 valence electrons. The summed E-state index contributed by atoms with van der Waals surface area (Å²) in [6.45, 7) is 4.93. The maximum atomic E-state index is 8.63. The quantitative estimate of drug-likeness (QED) is 0.793. The predicted molar refractivity (Wildman–Crippen MR) is 68.1 cm³/mol. The molecule has 0 atom stereocenters. The van der Waals surface area contributed by atoms with Gasteiger partial charge in [-0.15, -0.1) is 0 Å². The summed E-state index contributed by atoms with van der Waals surface area (Å²) in [6.07, 6.45) is 3.99. The molecule has 0 unspecified atom stereocenters. The van der Waals surface area contributed by atoms with Crippen LogP contribution >= 0.6 is 11.6 Å². The van der Waals surface area contributed by atoms with E-state index in [0.717, 1.165) is 12.1 Å². The van der Waals surface area contributed by atoms with Crippen molar-refractivity contribution in [2.45, 2.75) is 0 Å². The summed E-state index contributed by atoms with van der Waals surface area (Å²) in [7, 11) is 0. The lowest BCUT2D eigenvalue weighted by Crippen LogP contribution is -2.14. The van der Waals surface area contributed by atoms with Gasteiger partial charge in [0.2, 0.25) is 0 Å². The molecule has 16 heavy (non-hydrogen) atoms. The van der Waals surface area contributed by atoms with Crippen molar-refractivity contribution in [2.24, 2.45) is 0 Å². The fourth-order valence-corrected chi connectivity index (χ4v) is 1.25. The van der Waals surface area contributed by atoms with Crippen LogP contribution in [0.4, 0.5) is 0 Å². The summed E-state index contributed by atoms with van der Waals surface area (Å²) in [5, 5.41) is 12.3. The second-order valence-electron chi connectivity index (χ2n) is 3.28. The second-order valence-corrected chi connectivity index (χ2v) is 3.82. The molecule has 0 fully saturated rings. The average Bonchev–Trinajstić information content (AvgIpc) is 2.29. The third kappa shape index (κ3) is 4.79. The first-order chi connectivity index (χ1) is 7.72. The van der Waals surface area contributed by atoms with E-state index in [4.69, 9.17) is 16.9 Å². The molecule has 1 aromatic carbocycles. The van der Waals surface area contributed by atoms with Crippen molar-refractivity contribution in [3.05, 3.63) is 53.1 Å². The third-order valence-electron chi connectivity index (χ3n) is 1.93. The van der Waals surface area contributed by atoms with Crippen LogP contribution in [-0.2, 0) is 0 Å². The Bertz CT molecular complexity index is 413. The van der Waals surface area contributed by atoms with Crippen LogP contribution in [0.25, 0.3) is 6.08 Å². The van der Waals surface area contributed by atoms with Crippen LogP contribution in [0.1, 0.15) is 11.1 Å². The minimum atomic E-state index is 0.603. The number of nitriles is 1. The molecule has 0 radical (unpaired) electrons. The minimum Gasteiger partial charge on any atom is -0.308 e. The normalized spacial score (nSPS) is 10.2. The van der Waals surface area contributed by atoms with Crippen molar-refractivity contribution < 1.29 is 0 Å². The van der Waals surface area contributed by atoms with E-state index >= 15 is 0 Å². The summed E-state index contributed by atoms with van der Waals surface area (Å²) in [5.41, 5.74) is 1.75. The number of hydrogen-bond donors (Lipinski definition) is 1. The van der Waals surface area contributed by atoms with Gasteiger partial charge in [0.15, 0.2) is 0 Å². The SMILES string of the molecule is C=C(Cl)CNC/C=C/c1ccc(C#N)cc1. The zero-order valence-electron chi connectivity index (χ0n) is 8.91. The van der Waals surface area contributed by atoms with E-state index in [1.807, 2.05) is 24.3 Å². The molecule has 0 amide bonds. The van der Waals surface area contributed by atoms with Crippen LogP contribution in [0.5, 0.6) is 0 Å². The first-order valence-corrected chi connectivity index (χ1v) is 5.31. The third-order valence-corrected chi connectivity index (χ3v) is 2.06. The molecule has 1 rings (SSSR count). The molecule has 1 aromatic rings. The number of nitrogens with one attached hydrogen (secondary N) is 1. The van der Waals surface area contributed by atoms with Crippen LogP contribution in [0.2, 0.25) is 0 Å². The molecule has 0 bridgehead atoms. The van der Waals surface area contributed by atoms with E-state index in [2.05, 4.69) is 18.0 Å². The number of hydrogen-bond acceptors (Lipinski definition) is 2. The van der Waals surface area contributed by atoms with E-state index in [9.17, 15) is 0 Å². The van der Waals surface area contributed by atoms with Gasteiger partial charge in [-0.25, -0.2) is 0 Å². The van der Waals surface area contributed by atoms with Gasteiger partial charge in [0.1, 0.15) is 0 Å². The standard InChI is InChI=1S/C13H13ClN2/c1-11(14)10-16-8-2-3-12-4-6-13(9-15)7-5-12/h2-7,16H,1,8,10H2/b3-2+. The maximum Gasteiger partial charge on any atom is 0.0991 e. The van der Waals surface area contributed by atoms with Crippen LogP contribution < -0.4 is 5.32 Å². The first-order valence-electron chi connectivity index (χ1n) is 4.93. The Balaban J connectivity index is 2.38. The summed E-state index contributed by atoms with van der Waals surface area (Å²) in [5.74, 6) is 0. The van der Waals surface area contributed by atoms with Crippen LogP contribution in [0, 0.1) is 11.3 Å². The van der Waals surface area contributed by atoms with Gasteiger partial charge in [0.25, 0.3) is 0 Å². The Kier molecular flexibility index (Phi) is 5.35. The average molecular weight is 233 g/mol. The van der Waals surface area contributed by atoms with Crippen molar-refractivity contribution in [2.75, 3.05) is 13.1 Å². The van der Waals surface area contributed by atoms with Crippen LogP contribution in [0.3, 0.4) is 0 Å². The first kappa shape index (κ1) is 12.5. The van der Waals surface area contributed by atoms with Gasteiger partial charge in [-0.05, 0) is 17.7 Å². The Morgan fingerprint density at radius 2 is 2.12 bits per heavy atom. The lowest BCUT2D eigenvalue weighted by molar-refractivity contribution is 0.838. The predicted octanol–water partition coefficient (Wildman–Crippen LogP) is 2.91. The van der Waals surface area contributed by atoms with E-state index < -0.39 is 0 Å². The van der Waals surface area contributed by atoms with Gasteiger partial charge < -0.3 is 5.32 Å². The number of rotatable bonds is 5. The Morgan fingerprint density at radius 1 is 1.44 bits per heavy atom. The zero-order valence-corrected chi connectivity index (χ0v) is 9.67. The Morgan fingerprint density at radius 3 is 2.69 bits per heavy atom. The molecule has 2 nitrogen and oxygen atoms in total. The van der Waals surface area contributed by atoms with Gasteiger partial charge in [0.05, 0.1) is 11.6 Å². The van der Waals surface area contributed by atoms with Crippen molar-refractivity contribution in [1.82, 2.24) is 5.32 Å². The molecule has 0 heterocycles. The highest BCUT2D eigenvalue weighted by atomic mass is 35.5. The largest absolute Gasteiger partial charge is 0.308 e. The smallest absolute Gasteiger partial charge is 0.0991 e. The molecular formula is C13H13ClN2. The van der Waals surface area contributed by atoms with Gasteiger partial charge in [-0.3, -0.25) is 0 Å². The zero-order chi connectivity index (χ0) is 11.8. The molecule has 0 spiro atoms. The Labute approximate surface area is 101 Å². The number of nitrogens with zero attached hydrogens (tertiary/aromatic N) is 1. The van der Waals surface area contributed by atoms with Crippen LogP contribution in [0.15, 0.2) is 42.0 Å². The highest BCUT2D eigenvalue weighted by molar-refractivity contribution is 6.29. The van der Waals surface area contributed by atoms with Crippen molar-refractivity contribution in [3.63, 3.8) is 0 Å². The molecular weight excluding hydrogens is 220 g/mol. The summed E-state index contributed by atoms with van der Waals surface area (Å²) in [6, 6.07) is 9.51. The molecule has 0 aliphatic carbocycles. The fraction of sp³-hybridized carbons (Fsp3) is 0.154. The van der Waals surface area contributed by atoms with E-state index in [1.165, 1.54) is 0 Å². The summed E-state index contributed by atoms with van der Waals surface area (Å²) in [4.78, 5) is 0. The molecule has 0 saturated carbocycles. The Hall–Kier alpha value is -1.56. The van der Waals surface area contributed by atoms with Crippen molar-refractivity contribution >= 4 is 17.7 Å². The highest BCUT2D eigenvalue weighted by Gasteiger charge is 1.89. The topological polar surface area (TPSA) is 35.8 Å². The van der Waals surface area contributed by atoms with Gasteiger partial charge in [-0.1, -0.05) is 42.5 Å². The summed E-state index contributed by atoms with van der Waals surface area (Å²) >= 11 is 5.60. The molecule has 0 aliphatic rings. The molecule has 1 N–H and O–H groups in total. The van der Waals surface area contributed by atoms with Crippen molar-refractivity contribution in [1.29, 1.82) is 5.26 Å². The summed E-state index contributed by atoms with van der Waals surface area (Å²) < 4.78 is 0. The lowest BCUT2D eigenvalue weighted by Gasteiger charge is -1.98. The van der Waals surface area contributed by atoms with E-state index in [0.29, 0.717) is 17.1 Å². The fourth-order valence-electron chi connectivity index (χ4n) is 1.15. The van der Waals surface area contributed by atoms with Gasteiger partial charge in [0, 0.05) is 18.1 Å².